The Kier molecular flexibility index (Phi) is 4.24. The monoisotopic (exact) mass is 239 g/mol. The van der Waals surface area contributed by atoms with Gasteiger partial charge in [0, 0.05) is 43.9 Å². The van der Waals surface area contributed by atoms with Crippen molar-refractivity contribution in [2.75, 3.05) is 47.9 Å². The minimum atomic E-state index is 0.591. The molecular formula is C10H17N5S. The van der Waals surface area contributed by atoms with Crippen LogP contribution < -0.4 is 16.0 Å². The number of nitrogens with one attached hydrogen (secondary N) is 1. The van der Waals surface area contributed by atoms with Crippen molar-refractivity contribution in [3.8, 4) is 0 Å². The predicted molar refractivity (Wildman–Crippen MR) is 69.1 cm³/mol. The van der Waals surface area contributed by atoms with Gasteiger partial charge in [0.1, 0.15) is 5.82 Å². The average molecular weight is 239 g/mol. The molecule has 2 heterocycles. The van der Waals surface area contributed by atoms with E-state index in [1.54, 1.807) is 6.20 Å². The molecule has 0 amide bonds. The first-order valence-corrected chi connectivity index (χ1v) is 6.65. The van der Waals surface area contributed by atoms with Gasteiger partial charge in [0.05, 0.1) is 0 Å². The topological polar surface area (TPSA) is 67.1 Å². The predicted octanol–water partition coefficient (Wildman–Crippen LogP) is 0.400. The molecule has 1 aromatic heterocycles. The fourth-order valence-electron chi connectivity index (χ4n) is 1.59. The second-order valence-electron chi connectivity index (χ2n) is 3.55. The van der Waals surface area contributed by atoms with E-state index in [-0.39, 0.29) is 0 Å². The van der Waals surface area contributed by atoms with Gasteiger partial charge in [0.15, 0.2) is 0 Å². The molecule has 1 aromatic rings. The molecule has 1 aliphatic heterocycles. The quantitative estimate of drug-likeness (QED) is 0.793. The molecule has 6 heteroatoms. The van der Waals surface area contributed by atoms with Crippen molar-refractivity contribution in [1.29, 1.82) is 0 Å². The van der Waals surface area contributed by atoms with E-state index in [1.165, 1.54) is 11.5 Å². The van der Waals surface area contributed by atoms with Gasteiger partial charge in [-0.25, -0.2) is 4.98 Å². The molecule has 0 aliphatic carbocycles. The molecule has 88 valence electrons. The van der Waals surface area contributed by atoms with Crippen molar-refractivity contribution in [1.82, 2.24) is 9.97 Å². The van der Waals surface area contributed by atoms with E-state index in [1.807, 2.05) is 17.8 Å². The highest BCUT2D eigenvalue weighted by atomic mass is 32.2. The number of nitrogens with two attached hydrogens (primary N) is 1. The molecule has 16 heavy (non-hydrogen) atoms. The molecular weight excluding hydrogens is 222 g/mol. The lowest BCUT2D eigenvalue weighted by atomic mass is 10.4. The van der Waals surface area contributed by atoms with E-state index in [4.69, 9.17) is 5.73 Å². The summed E-state index contributed by atoms with van der Waals surface area (Å²) in [7, 11) is 0. The smallest absolute Gasteiger partial charge is 0.224 e. The summed E-state index contributed by atoms with van der Waals surface area (Å²) in [4.78, 5) is 10.9. The van der Waals surface area contributed by atoms with E-state index < -0.39 is 0 Å². The molecule has 0 spiro atoms. The average Bonchev–Trinajstić information content (AvgIpc) is 2.38. The van der Waals surface area contributed by atoms with Gasteiger partial charge in [-0.2, -0.15) is 16.7 Å². The Labute approximate surface area is 99.8 Å². The van der Waals surface area contributed by atoms with Crippen LogP contribution in [0.2, 0.25) is 0 Å². The largest absolute Gasteiger partial charge is 0.355 e. The maximum absolute atomic E-state index is 5.43. The summed E-state index contributed by atoms with van der Waals surface area (Å²) in [6, 6.07) is 1.96. The third-order valence-electron chi connectivity index (χ3n) is 2.40. The number of nitrogens with zero attached hydrogens (tertiary/aromatic N) is 3. The van der Waals surface area contributed by atoms with Crippen LogP contribution in [0.25, 0.3) is 0 Å². The minimum Gasteiger partial charge on any atom is -0.355 e. The van der Waals surface area contributed by atoms with Crippen molar-refractivity contribution in [3.63, 3.8) is 0 Å². The van der Waals surface area contributed by atoms with Gasteiger partial charge in [-0.05, 0) is 6.07 Å². The lowest BCUT2D eigenvalue weighted by molar-refractivity contribution is 0.834. The molecule has 0 atom stereocenters. The summed E-state index contributed by atoms with van der Waals surface area (Å²) in [5.41, 5.74) is 5.43. The third kappa shape index (κ3) is 2.99. The van der Waals surface area contributed by atoms with Crippen molar-refractivity contribution < 1.29 is 0 Å². The standard InChI is InChI=1S/C10H17N5S/c11-2-4-13-10-12-3-1-9(14-10)15-5-7-16-8-6-15/h1,3H,2,4-8,11H2,(H,12,13,14). The summed E-state index contributed by atoms with van der Waals surface area (Å²) < 4.78 is 0. The number of aromatic nitrogens is 2. The highest BCUT2D eigenvalue weighted by Gasteiger charge is 2.12. The van der Waals surface area contributed by atoms with Gasteiger partial charge in [-0.15, -0.1) is 0 Å². The van der Waals surface area contributed by atoms with E-state index in [0.29, 0.717) is 19.0 Å². The summed E-state index contributed by atoms with van der Waals surface area (Å²) in [6.45, 7) is 3.43. The number of rotatable bonds is 4. The molecule has 0 radical (unpaired) electrons. The van der Waals surface area contributed by atoms with Crippen LogP contribution in [0.1, 0.15) is 0 Å². The van der Waals surface area contributed by atoms with Crippen molar-refractivity contribution >= 4 is 23.5 Å². The van der Waals surface area contributed by atoms with Crippen molar-refractivity contribution in [2.24, 2.45) is 5.73 Å². The van der Waals surface area contributed by atoms with Crippen LogP contribution in [0.4, 0.5) is 11.8 Å². The Hall–Kier alpha value is -1.01. The maximum Gasteiger partial charge on any atom is 0.224 e. The molecule has 1 fully saturated rings. The SMILES string of the molecule is NCCNc1nccc(N2CCSCC2)n1. The molecule has 1 aliphatic rings. The van der Waals surface area contributed by atoms with Gasteiger partial charge in [0.25, 0.3) is 0 Å². The third-order valence-corrected chi connectivity index (χ3v) is 3.35. The zero-order valence-corrected chi connectivity index (χ0v) is 10.0. The number of hydrogen-bond donors (Lipinski definition) is 2. The molecule has 1 saturated heterocycles. The van der Waals surface area contributed by atoms with Crippen LogP contribution in [0, 0.1) is 0 Å². The van der Waals surface area contributed by atoms with Gasteiger partial charge in [-0.1, -0.05) is 0 Å². The first kappa shape index (κ1) is 11.5. The van der Waals surface area contributed by atoms with E-state index in [0.717, 1.165) is 18.9 Å². The minimum absolute atomic E-state index is 0.591. The van der Waals surface area contributed by atoms with Gasteiger partial charge in [0.2, 0.25) is 5.95 Å². The fourth-order valence-corrected chi connectivity index (χ4v) is 2.49. The Bertz CT molecular complexity index is 327. The van der Waals surface area contributed by atoms with E-state index >= 15 is 0 Å². The maximum atomic E-state index is 5.43. The first-order chi connectivity index (χ1) is 7.90. The molecule has 2 rings (SSSR count). The second-order valence-corrected chi connectivity index (χ2v) is 4.78. The Morgan fingerprint density at radius 2 is 2.25 bits per heavy atom. The summed E-state index contributed by atoms with van der Waals surface area (Å²) in [5, 5.41) is 3.09. The van der Waals surface area contributed by atoms with E-state index in [9.17, 15) is 0 Å². The second kappa shape index (κ2) is 5.91. The van der Waals surface area contributed by atoms with Crippen LogP contribution in [0.3, 0.4) is 0 Å². The first-order valence-electron chi connectivity index (χ1n) is 5.50. The van der Waals surface area contributed by atoms with Crippen molar-refractivity contribution in [2.45, 2.75) is 0 Å². The highest BCUT2D eigenvalue weighted by Crippen LogP contribution is 2.17. The fraction of sp³-hybridized carbons (Fsp3) is 0.600. The zero-order chi connectivity index (χ0) is 11.2. The van der Waals surface area contributed by atoms with Crippen LogP contribution in [0.15, 0.2) is 12.3 Å². The summed E-state index contributed by atoms with van der Waals surface area (Å²) in [5.74, 6) is 4.03. The van der Waals surface area contributed by atoms with Gasteiger partial charge in [-0.3, -0.25) is 0 Å². The van der Waals surface area contributed by atoms with Crippen LogP contribution in [-0.2, 0) is 0 Å². The molecule has 0 saturated carbocycles. The van der Waals surface area contributed by atoms with Gasteiger partial charge < -0.3 is 16.0 Å². The van der Waals surface area contributed by atoms with Crippen LogP contribution in [-0.4, -0.2) is 47.7 Å². The molecule has 0 bridgehead atoms. The highest BCUT2D eigenvalue weighted by molar-refractivity contribution is 7.99. The molecule has 0 aromatic carbocycles. The normalized spacial score (nSPS) is 16.2. The lowest BCUT2D eigenvalue weighted by Crippen LogP contribution is -2.33. The Morgan fingerprint density at radius 1 is 1.44 bits per heavy atom. The lowest BCUT2D eigenvalue weighted by Gasteiger charge is -2.27. The number of thioether (sulfide) groups is 1. The Morgan fingerprint density at radius 3 is 3.00 bits per heavy atom. The van der Waals surface area contributed by atoms with Crippen LogP contribution in [0.5, 0.6) is 0 Å². The summed E-state index contributed by atoms with van der Waals surface area (Å²) in [6.07, 6.45) is 1.79. The van der Waals surface area contributed by atoms with E-state index in [2.05, 4.69) is 20.2 Å². The number of hydrogen-bond acceptors (Lipinski definition) is 6. The number of anilines is 2. The molecule has 0 unspecified atom stereocenters. The zero-order valence-electron chi connectivity index (χ0n) is 9.22. The Balaban J connectivity index is 2.02. The molecule has 5 nitrogen and oxygen atoms in total. The van der Waals surface area contributed by atoms with Crippen molar-refractivity contribution in [3.05, 3.63) is 12.3 Å². The van der Waals surface area contributed by atoms with Crippen LogP contribution >= 0.6 is 11.8 Å². The summed E-state index contributed by atoms with van der Waals surface area (Å²) >= 11 is 1.99. The molecule has 3 N–H and O–H groups in total. The van der Waals surface area contributed by atoms with Gasteiger partial charge >= 0.3 is 0 Å².